The molecule has 168 valence electrons. The SMILES string of the molecule is CC1CCN(c2ncc(Cl)c(Nc3ccc4c(c3)cc(OCC(=O)O)c(=O)n4C)n2)CC1. The molecule has 0 atom stereocenters. The Morgan fingerprint density at radius 3 is 2.78 bits per heavy atom. The Hall–Kier alpha value is -3.33. The lowest BCUT2D eigenvalue weighted by atomic mass is 10.00. The number of benzene rings is 1. The highest BCUT2D eigenvalue weighted by Crippen LogP contribution is 2.28. The Labute approximate surface area is 189 Å². The number of carboxylic acid groups (broad SMARTS) is 1. The van der Waals surface area contributed by atoms with Crippen molar-refractivity contribution in [1.82, 2.24) is 14.5 Å². The van der Waals surface area contributed by atoms with Gasteiger partial charge >= 0.3 is 5.97 Å². The lowest BCUT2D eigenvalue weighted by molar-refractivity contribution is -0.139. The molecule has 32 heavy (non-hydrogen) atoms. The molecule has 0 aliphatic carbocycles. The third kappa shape index (κ3) is 4.62. The fraction of sp³-hybridized carbons (Fsp3) is 0.364. The number of hydrogen-bond acceptors (Lipinski definition) is 7. The molecule has 0 radical (unpaired) electrons. The zero-order valence-corrected chi connectivity index (χ0v) is 18.6. The van der Waals surface area contributed by atoms with E-state index in [1.165, 1.54) is 10.6 Å². The van der Waals surface area contributed by atoms with Crippen molar-refractivity contribution in [3.8, 4) is 5.75 Å². The van der Waals surface area contributed by atoms with Crippen LogP contribution in [0.2, 0.25) is 5.02 Å². The first-order valence-electron chi connectivity index (χ1n) is 10.3. The molecule has 0 amide bonds. The summed E-state index contributed by atoms with van der Waals surface area (Å²) in [7, 11) is 1.61. The molecular weight excluding hydrogens is 434 g/mol. The van der Waals surface area contributed by atoms with Crippen molar-refractivity contribution >= 4 is 45.9 Å². The minimum Gasteiger partial charge on any atom is -0.479 e. The van der Waals surface area contributed by atoms with Crippen LogP contribution in [-0.2, 0) is 11.8 Å². The number of halogens is 1. The van der Waals surface area contributed by atoms with E-state index in [1.807, 2.05) is 12.1 Å². The molecule has 0 saturated carbocycles. The van der Waals surface area contributed by atoms with Crippen molar-refractivity contribution in [1.29, 1.82) is 0 Å². The van der Waals surface area contributed by atoms with Gasteiger partial charge in [0.1, 0.15) is 5.02 Å². The largest absolute Gasteiger partial charge is 0.479 e. The Balaban J connectivity index is 1.62. The van der Waals surface area contributed by atoms with Crippen LogP contribution in [0.3, 0.4) is 0 Å². The van der Waals surface area contributed by atoms with E-state index in [-0.39, 0.29) is 5.75 Å². The Bertz CT molecular complexity index is 1220. The number of anilines is 3. The van der Waals surface area contributed by atoms with Gasteiger partial charge in [0.2, 0.25) is 5.95 Å². The number of aromatic nitrogens is 3. The van der Waals surface area contributed by atoms with Gasteiger partial charge in [-0.2, -0.15) is 4.98 Å². The van der Waals surface area contributed by atoms with Crippen molar-refractivity contribution in [2.75, 3.05) is 29.9 Å². The Morgan fingerprint density at radius 2 is 2.06 bits per heavy atom. The van der Waals surface area contributed by atoms with E-state index >= 15 is 0 Å². The third-order valence-electron chi connectivity index (χ3n) is 5.60. The van der Waals surface area contributed by atoms with Gasteiger partial charge in [-0.3, -0.25) is 4.79 Å². The Morgan fingerprint density at radius 1 is 1.31 bits per heavy atom. The predicted molar refractivity (Wildman–Crippen MR) is 123 cm³/mol. The Kier molecular flexibility index (Phi) is 6.18. The van der Waals surface area contributed by atoms with Crippen LogP contribution >= 0.6 is 11.6 Å². The summed E-state index contributed by atoms with van der Waals surface area (Å²) in [6, 6.07) is 6.97. The predicted octanol–water partition coefficient (Wildman–Crippen LogP) is 3.43. The minimum atomic E-state index is -1.15. The number of nitrogens with one attached hydrogen (secondary N) is 1. The summed E-state index contributed by atoms with van der Waals surface area (Å²) in [5.74, 6) is 0.647. The smallest absolute Gasteiger partial charge is 0.341 e. The molecule has 0 spiro atoms. The molecule has 1 aromatic carbocycles. The number of rotatable bonds is 6. The molecule has 9 nitrogen and oxygen atoms in total. The number of fused-ring (bicyclic) bond motifs is 1. The van der Waals surface area contributed by atoms with Gasteiger partial charge in [-0.25, -0.2) is 9.78 Å². The molecule has 1 aliphatic heterocycles. The first-order chi connectivity index (χ1) is 15.3. The molecule has 1 saturated heterocycles. The summed E-state index contributed by atoms with van der Waals surface area (Å²) < 4.78 is 6.57. The van der Waals surface area contributed by atoms with Crippen molar-refractivity contribution in [3.05, 3.63) is 45.8 Å². The van der Waals surface area contributed by atoms with Crippen LogP contribution in [0.25, 0.3) is 10.9 Å². The summed E-state index contributed by atoms with van der Waals surface area (Å²) in [4.78, 5) is 34.4. The number of carboxylic acids is 1. The first kappa shape index (κ1) is 21.9. The fourth-order valence-corrected chi connectivity index (χ4v) is 3.86. The fourth-order valence-electron chi connectivity index (χ4n) is 3.72. The normalized spacial score (nSPS) is 14.5. The second-order valence-corrected chi connectivity index (χ2v) is 8.40. The standard InChI is InChI=1S/C22H24ClN5O4/c1-13-5-7-28(8-6-13)22-24-11-16(23)20(26-22)25-15-3-4-17-14(9-15)10-18(21(31)27(17)2)32-12-19(29)30/h3-4,9-11,13H,5-8,12H2,1-2H3,(H,29,30)(H,24,25,26). The molecule has 1 fully saturated rings. The number of aliphatic carboxylic acids is 1. The van der Waals surface area contributed by atoms with Crippen molar-refractivity contribution in [2.45, 2.75) is 19.8 Å². The zero-order chi connectivity index (χ0) is 22.8. The van der Waals surface area contributed by atoms with E-state index in [0.717, 1.165) is 25.9 Å². The lowest BCUT2D eigenvalue weighted by Crippen LogP contribution is -2.34. The van der Waals surface area contributed by atoms with Crippen molar-refractivity contribution < 1.29 is 14.6 Å². The number of hydrogen-bond donors (Lipinski definition) is 2. The molecule has 4 rings (SSSR count). The maximum Gasteiger partial charge on any atom is 0.341 e. The summed E-state index contributed by atoms with van der Waals surface area (Å²) in [6.07, 6.45) is 3.79. The van der Waals surface area contributed by atoms with Gasteiger partial charge in [-0.1, -0.05) is 18.5 Å². The van der Waals surface area contributed by atoms with Gasteiger partial charge in [0.15, 0.2) is 18.2 Å². The minimum absolute atomic E-state index is 0.0266. The summed E-state index contributed by atoms with van der Waals surface area (Å²) in [5, 5.41) is 13.2. The summed E-state index contributed by atoms with van der Waals surface area (Å²) in [6.45, 7) is 3.48. The van der Waals surface area contributed by atoms with Crippen molar-refractivity contribution in [3.63, 3.8) is 0 Å². The topological polar surface area (TPSA) is 110 Å². The highest BCUT2D eigenvalue weighted by Gasteiger charge is 2.19. The molecule has 3 heterocycles. The van der Waals surface area contributed by atoms with Crippen LogP contribution in [0.1, 0.15) is 19.8 Å². The van der Waals surface area contributed by atoms with Gasteiger partial charge in [0.05, 0.1) is 11.7 Å². The van der Waals surface area contributed by atoms with Crippen LogP contribution in [0.5, 0.6) is 5.75 Å². The summed E-state index contributed by atoms with van der Waals surface area (Å²) in [5.41, 5.74) is 0.984. The van der Waals surface area contributed by atoms with E-state index in [1.54, 1.807) is 19.3 Å². The number of piperidine rings is 1. The van der Waals surface area contributed by atoms with E-state index in [2.05, 4.69) is 27.1 Å². The summed E-state index contributed by atoms with van der Waals surface area (Å²) >= 11 is 6.34. The van der Waals surface area contributed by atoms with E-state index in [4.69, 9.17) is 21.4 Å². The van der Waals surface area contributed by atoms with Gasteiger partial charge in [-0.05, 0) is 43.0 Å². The van der Waals surface area contributed by atoms with Crippen molar-refractivity contribution in [2.24, 2.45) is 13.0 Å². The quantitative estimate of drug-likeness (QED) is 0.579. The second-order valence-electron chi connectivity index (χ2n) is 7.99. The number of nitrogens with zero attached hydrogens (tertiary/aromatic N) is 4. The second kappa shape index (κ2) is 9.04. The maximum absolute atomic E-state index is 12.4. The lowest BCUT2D eigenvalue weighted by Gasteiger charge is -2.30. The maximum atomic E-state index is 12.4. The average molecular weight is 458 g/mol. The van der Waals surface area contributed by atoms with Gasteiger partial charge in [0.25, 0.3) is 5.56 Å². The monoisotopic (exact) mass is 457 g/mol. The molecule has 2 N–H and O–H groups in total. The van der Waals surface area contributed by atoms with Crippen LogP contribution < -0.4 is 20.5 Å². The van der Waals surface area contributed by atoms with E-state index in [9.17, 15) is 9.59 Å². The molecule has 0 bridgehead atoms. The molecule has 10 heteroatoms. The number of ether oxygens (including phenoxy) is 1. The zero-order valence-electron chi connectivity index (χ0n) is 17.8. The highest BCUT2D eigenvalue weighted by molar-refractivity contribution is 6.32. The molecule has 1 aliphatic rings. The first-order valence-corrected chi connectivity index (χ1v) is 10.7. The van der Waals surface area contributed by atoms with Crippen LogP contribution in [-0.4, -0.2) is 45.3 Å². The molecular formula is C22H24ClN5O4. The average Bonchev–Trinajstić information content (AvgIpc) is 2.77. The van der Waals surface area contributed by atoms with E-state index < -0.39 is 18.1 Å². The van der Waals surface area contributed by atoms with Crippen LogP contribution in [0, 0.1) is 5.92 Å². The van der Waals surface area contributed by atoms with E-state index in [0.29, 0.717) is 39.3 Å². The molecule has 2 aromatic heterocycles. The van der Waals surface area contributed by atoms with Gasteiger partial charge in [0, 0.05) is 31.2 Å². The van der Waals surface area contributed by atoms with Crippen LogP contribution in [0.15, 0.2) is 35.3 Å². The molecule has 0 unspecified atom stereocenters. The van der Waals surface area contributed by atoms with Crippen LogP contribution in [0.4, 0.5) is 17.5 Å². The number of carbonyl (C=O) groups is 1. The van der Waals surface area contributed by atoms with Gasteiger partial charge < -0.3 is 24.6 Å². The van der Waals surface area contributed by atoms with Gasteiger partial charge in [-0.15, -0.1) is 0 Å². The third-order valence-corrected chi connectivity index (χ3v) is 5.88. The highest BCUT2D eigenvalue weighted by atomic mass is 35.5. The number of pyridine rings is 1. The number of aryl methyl sites for hydroxylation is 1. The molecule has 3 aromatic rings.